The van der Waals surface area contributed by atoms with E-state index >= 15 is 0 Å². The lowest BCUT2D eigenvalue weighted by atomic mass is 10.4. The number of carbonyl (C=O) groups excluding carboxylic acids is 1. The number of nitrogens with one attached hydrogen (secondary N) is 1. The van der Waals surface area contributed by atoms with Crippen molar-refractivity contribution < 1.29 is 4.79 Å². The molecule has 0 saturated heterocycles. The van der Waals surface area contributed by atoms with E-state index in [1.807, 2.05) is 0 Å². The van der Waals surface area contributed by atoms with Crippen molar-refractivity contribution in [3.8, 4) is 0 Å². The van der Waals surface area contributed by atoms with Crippen molar-refractivity contribution in [2.24, 2.45) is 0 Å². The van der Waals surface area contributed by atoms with E-state index in [1.165, 1.54) is 0 Å². The average Bonchev–Trinajstić information content (AvgIpc) is 2.12. The molecule has 0 fully saturated rings. The number of rotatable bonds is 6. The van der Waals surface area contributed by atoms with Crippen LogP contribution < -0.4 is 5.32 Å². The standard InChI is InChI=1S/C8H18N2OS/c1-3-10(4-2)6-5-9-8(11)7-12/h12H,3-7H2,1-2H3,(H,9,11). The van der Waals surface area contributed by atoms with Gasteiger partial charge in [0.25, 0.3) is 0 Å². The van der Waals surface area contributed by atoms with E-state index in [2.05, 4.69) is 36.7 Å². The molecule has 1 amide bonds. The lowest BCUT2D eigenvalue weighted by molar-refractivity contribution is -0.118. The summed E-state index contributed by atoms with van der Waals surface area (Å²) in [5.41, 5.74) is 0. The highest BCUT2D eigenvalue weighted by molar-refractivity contribution is 7.81. The second-order valence-electron chi connectivity index (χ2n) is 2.53. The minimum atomic E-state index is 0.00508. The molecule has 0 aliphatic heterocycles. The van der Waals surface area contributed by atoms with Gasteiger partial charge in [0.15, 0.2) is 0 Å². The minimum absolute atomic E-state index is 0.00508. The molecule has 0 radical (unpaired) electrons. The SMILES string of the molecule is CCN(CC)CCNC(=O)CS. The monoisotopic (exact) mass is 190 g/mol. The van der Waals surface area contributed by atoms with E-state index in [9.17, 15) is 4.79 Å². The van der Waals surface area contributed by atoms with Gasteiger partial charge in [0.05, 0.1) is 5.75 Å². The first-order valence-corrected chi connectivity index (χ1v) is 4.97. The molecule has 0 aliphatic carbocycles. The molecule has 0 unspecified atom stereocenters. The molecule has 72 valence electrons. The third kappa shape index (κ3) is 5.43. The Labute approximate surface area is 79.9 Å². The average molecular weight is 190 g/mol. The van der Waals surface area contributed by atoms with E-state index in [0.717, 1.165) is 26.2 Å². The molecular formula is C8H18N2OS. The highest BCUT2D eigenvalue weighted by Gasteiger charge is 1.99. The zero-order chi connectivity index (χ0) is 9.40. The Balaban J connectivity index is 3.34. The van der Waals surface area contributed by atoms with Gasteiger partial charge in [-0.2, -0.15) is 12.6 Å². The van der Waals surface area contributed by atoms with Crippen molar-refractivity contribution in [2.75, 3.05) is 31.9 Å². The van der Waals surface area contributed by atoms with Gasteiger partial charge in [0.1, 0.15) is 0 Å². The molecule has 0 aliphatic rings. The maximum atomic E-state index is 10.8. The molecule has 0 heterocycles. The van der Waals surface area contributed by atoms with E-state index in [4.69, 9.17) is 0 Å². The van der Waals surface area contributed by atoms with Crippen LogP contribution in [0.2, 0.25) is 0 Å². The summed E-state index contributed by atoms with van der Waals surface area (Å²) in [6, 6.07) is 0. The van der Waals surface area contributed by atoms with Crippen molar-refractivity contribution in [1.29, 1.82) is 0 Å². The molecule has 4 heteroatoms. The van der Waals surface area contributed by atoms with Crippen LogP contribution in [0, 0.1) is 0 Å². The van der Waals surface area contributed by atoms with Gasteiger partial charge in [0.2, 0.25) is 5.91 Å². The lowest BCUT2D eigenvalue weighted by Crippen LogP contribution is -2.35. The topological polar surface area (TPSA) is 32.3 Å². The molecule has 1 N–H and O–H groups in total. The van der Waals surface area contributed by atoms with Crippen molar-refractivity contribution >= 4 is 18.5 Å². The zero-order valence-electron chi connectivity index (χ0n) is 7.84. The normalized spacial score (nSPS) is 10.3. The lowest BCUT2D eigenvalue weighted by Gasteiger charge is -2.17. The van der Waals surface area contributed by atoms with Gasteiger partial charge in [-0.3, -0.25) is 4.79 Å². The van der Waals surface area contributed by atoms with Gasteiger partial charge in [-0.15, -0.1) is 0 Å². The molecule has 12 heavy (non-hydrogen) atoms. The quantitative estimate of drug-likeness (QED) is 0.593. The molecule has 0 aromatic rings. The minimum Gasteiger partial charge on any atom is -0.354 e. The Bertz CT molecular complexity index is 126. The Morgan fingerprint density at radius 1 is 1.42 bits per heavy atom. The molecular weight excluding hydrogens is 172 g/mol. The van der Waals surface area contributed by atoms with Gasteiger partial charge in [-0.1, -0.05) is 13.8 Å². The number of hydrogen-bond donors (Lipinski definition) is 2. The number of thiol groups is 1. The Morgan fingerprint density at radius 3 is 2.42 bits per heavy atom. The van der Waals surface area contributed by atoms with Crippen LogP contribution in [-0.4, -0.2) is 42.7 Å². The van der Waals surface area contributed by atoms with Crippen LogP contribution in [0.1, 0.15) is 13.8 Å². The fourth-order valence-corrected chi connectivity index (χ4v) is 1.06. The molecule has 0 saturated carbocycles. The maximum absolute atomic E-state index is 10.8. The summed E-state index contributed by atoms with van der Waals surface area (Å²) in [5, 5.41) is 2.77. The first kappa shape index (κ1) is 11.8. The van der Waals surface area contributed by atoms with Crippen molar-refractivity contribution in [3.63, 3.8) is 0 Å². The van der Waals surface area contributed by atoms with Crippen molar-refractivity contribution in [3.05, 3.63) is 0 Å². The van der Waals surface area contributed by atoms with Gasteiger partial charge in [-0.25, -0.2) is 0 Å². The molecule has 0 bridgehead atoms. The molecule has 0 aromatic carbocycles. The van der Waals surface area contributed by atoms with E-state index < -0.39 is 0 Å². The van der Waals surface area contributed by atoms with Gasteiger partial charge in [-0.05, 0) is 13.1 Å². The van der Waals surface area contributed by atoms with E-state index in [-0.39, 0.29) is 11.7 Å². The Kier molecular flexibility index (Phi) is 7.29. The fraction of sp³-hybridized carbons (Fsp3) is 0.875. The molecule has 0 spiro atoms. The van der Waals surface area contributed by atoms with Gasteiger partial charge >= 0.3 is 0 Å². The summed E-state index contributed by atoms with van der Waals surface area (Å²) < 4.78 is 0. The highest BCUT2D eigenvalue weighted by Crippen LogP contribution is 1.84. The Hall–Kier alpha value is -0.220. The highest BCUT2D eigenvalue weighted by atomic mass is 32.1. The third-order valence-corrected chi connectivity index (χ3v) is 2.08. The fourth-order valence-electron chi connectivity index (χ4n) is 0.949. The summed E-state index contributed by atoms with van der Waals surface area (Å²) in [5.74, 6) is 0.281. The number of likely N-dealkylation sites (N-methyl/N-ethyl adjacent to an activating group) is 1. The summed E-state index contributed by atoms with van der Waals surface area (Å²) in [7, 11) is 0. The summed E-state index contributed by atoms with van der Waals surface area (Å²) >= 11 is 3.86. The van der Waals surface area contributed by atoms with Crippen LogP contribution in [-0.2, 0) is 4.79 Å². The predicted molar refractivity (Wildman–Crippen MR) is 54.7 cm³/mol. The summed E-state index contributed by atoms with van der Waals surface area (Å²) in [6.07, 6.45) is 0. The number of carbonyl (C=O) groups is 1. The van der Waals surface area contributed by atoms with Crippen LogP contribution in [0.4, 0.5) is 0 Å². The maximum Gasteiger partial charge on any atom is 0.229 e. The summed E-state index contributed by atoms with van der Waals surface area (Å²) in [4.78, 5) is 13.0. The van der Waals surface area contributed by atoms with Crippen LogP contribution >= 0.6 is 12.6 Å². The first-order chi connectivity index (χ1) is 5.74. The van der Waals surface area contributed by atoms with Crippen LogP contribution in [0.5, 0.6) is 0 Å². The van der Waals surface area contributed by atoms with Crippen LogP contribution in [0.25, 0.3) is 0 Å². The summed E-state index contributed by atoms with van der Waals surface area (Å²) in [6.45, 7) is 7.95. The van der Waals surface area contributed by atoms with E-state index in [1.54, 1.807) is 0 Å². The number of hydrogen-bond acceptors (Lipinski definition) is 3. The smallest absolute Gasteiger partial charge is 0.229 e. The molecule has 0 atom stereocenters. The molecule has 3 nitrogen and oxygen atoms in total. The largest absolute Gasteiger partial charge is 0.354 e. The zero-order valence-corrected chi connectivity index (χ0v) is 8.73. The second-order valence-corrected chi connectivity index (χ2v) is 2.85. The molecule has 0 aromatic heterocycles. The van der Waals surface area contributed by atoms with Crippen molar-refractivity contribution in [2.45, 2.75) is 13.8 Å². The van der Waals surface area contributed by atoms with Gasteiger partial charge < -0.3 is 10.2 Å². The number of amides is 1. The predicted octanol–water partition coefficient (Wildman–Crippen LogP) is 0.374. The number of nitrogens with zero attached hydrogens (tertiary/aromatic N) is 1. The molecule has 0 rings (SSSR count). The van der Waals surface area contributed by atoms with Crippen LogP contribution in [0.15, 0.2) is 0 Å². The van der Waals surface area contributed by atoms with Crippen molar-refractivity contribution in [1.82, 2.24) is 10.2 Å². The van der Waals surface area contributed by atoms with E-state index in [0.29, 0.717) is 0 Å². The van der Waals surface area contributed by atoms with Gasteiger partial charge in [0, 0.05) is 13.1 Å². The van der Waals surface area contributed by atoms with Crippen LogP contribution in [0.3, 0.4) is 0 Å². The second kappa shape index (κ2) is 7.43. The first-order valence-electron chi connectivity index (χ1n) is 4.34. The third-order valence-electron chi connectivity index (χ3n) is 1.79. The Morgan fingerprint density at radius 2 is 2.00 bits per heavy atom.